The lowest BCUT2D eigenvalue weighted by Crippen LogP contribution is -2.47. The van der Waals surface area contributed by atoms with Crippen LogP contribution in [0.2, 0.25) is 0 Å². The molecule has 0 fully saturated rings. The molecule has 6 nitrogen and oxygen atoms in total. The molecule has 0 spiro atoms. The molecule has 136 valence electrons. The molecule has 2 aromatic rings. The highest BCUT2D eigenvalue weighted by molar-refractivity contribution is 9.10. The second-order valence-corrected chi connectivity index (χ2v) is 6.31. The normalized spacial score (nSPS) is 11.8. The number of carbonyl (C=O) groups excluding carboxylic acids is 2. The van der Waals surface area contributed by atoms with Gasteiger partial charge in [-0.05, 0) is 30.2 Å². The standard InChI is InChI=1S/C19H20BrN3O3/c1-2-26-19(25)22-17(12-14-6-4-3-5-7-14)18(24)23-21-13-15-8-10-16(20)11-9-15/h3-11,13,17H,2,12H2,1H3,(H,22,25)(H,23,24)/b21-13-/t17-/m1/s1. The third-order valence-corrected chi connectivity index (χ3v) is 3.95. The van der Waals surface area contributed by atoms with E-state index in [1.165, 1.54) is 6.21 Å². The van der Waals surface area contributed by atoms with E-state index in [-0.39, 0.29) is 6.61 Å². The second-order valence-electron chi connectivity index (χ2n) is 5.39. The number of benzene rings is 2. The predicted octanol–water partition coefficient (Wildman–Crippen LogP) is 3.26. The number of hydrogen-bond acceptors (Lipinski definition) is 4. The van der Waals surface area contributed by atoms with Crippen LogP contribution < -0.4 is 10.7 Å². The molecule has 0 aromatic heterocycles. The Kier molecular flexibility index (Phi) is 7.82. The van der Waals surface area contributed by atoms with Crippen molar-refractivity contribution >= 4 is 34.1 Å². The Morgan fingerprint density at radius 1 is 1.15 bits per heavy atom. The molecule has 0 heterocycles. The number of ether oxygens (including phenoxy) is 1. The van der Waals surface area contributed by atoms with Crippen LogP contribution in [0.4, 0.5) is 4.79 Å². The number of nitrogens with zero attached hydrogens (tertiary/aromatic N) is 1. The summed E-state index contributed by atoms with van der Waals surface area (Å²) in [4.78, 5) is 24.1. The Hall–Kier alpha value is -2.67. The van der Waals surface area contributed by atoms with E-state index in [1.807, 2.05) is 54.6 Å². The van der Waals surface area contributed by atoms with Crippen molar-refractivity contribution in [3.63, 3.8) is 0 Å². The fraction of sp³-hybridized carbons (Fsp3) is 0.211. The van der Waals surface area contributed by atoms with Crippen molar-refractivity contribution in [2.24, 2.45) is 5.10 Å². The van der Waals surface area contributed by atoms with Gasteiger partial charge in [-0.2, -0.15) is 5.10 Å². The first kappa shape index (κ1) is 19.7. The minimum Gasteiger partial charge on any atom is -0.450 e. The van der Waals surface area contributed by atoms with Crippen LogP contribution in [-0.4, -0.2) is 30.9 Å². The molecule has 2 amide bonds. The van der Waals surface area contributed by atoms with Gasteiger partial charge < -0.3 is 10.1 Å². The number of rotatable bonds is 7. The van der Waals surface area contributed by atoms with Crippen molar-refractivity contribution in [1.29, 1.82) is 0 Å². The van der Waals surface area contributed by atoms with Gasteiger partial charge in [0.15, 0.2) is 0 Å². The van der Waals surface area contributed by atoms with Crippen LogP contribution in [0.1, 0.15) is 18.1 Å². The summed E-state index contributed by atoms with van der Waals surface area (Å²) in [6.45, 7) is 1.93. The summed E-state index contributed by atoms with van der Waals surface area (Å²) in [6.07, 6.45) is 1.23. The van der Waals surface area contributed by atoms with Crippen molar-refractivity contribution in [2.45, 2.75) is 19.4 Å². The molecule has 7 heteroatoms. The van der Waals surface area contributed by atoms with Crippen molar-refractivity contribution in [2.75, 3.05) is 6.61 Å². The number of amides is 2. The molecule has 2 aromatic carbocycles. The van der Waals surface area contributed by atoms with E-state index in [1.54, 1.807) is 6.92 Å². The monoisotopic (exact) mass is 417 g/mol. The van der Waals surface area contributed by atoms with Gasteiger partial charge in [0, 0.05) is 10.9 Å². The van der Waals surface area contributed by atoms with Crippen molar-refractivity contribution < 1.29 is 14.3 Å². The average Bonchev–Trinajstić information content (AvgIpc) is 2.64. The fourth-order valence-electron chi connectivity index (χ4n) is 2.17. The van der Waals surface area contributed by atoms with Crippen LogP contribution in [0.25, 0.3) is 0 Å². The van der Waals surface area contributed by atoms with E-state index in [4.69, 9.17) is 4.74 Å². The summed E-state index contributed by atoms with van der Waals surface area (Å²) in [6, 6.07) is 16.1. The average molecular weight is 418 g/mol. The summed E-state index contributed by atoms with van der Waals surface area (Å²) in [7, 11) is 0. The molecule has 26 heavy (non-hydrogen) atoms. The molecule has 0 radical (unpaired) electrons. The van der Waals surface area contributed by atoms with Gasteiger partial charge >= 0.3 is 6.09 Å². The van der Waals surface area contributed by atoms with Gasteiger partial charge in [0.2, 0.25) is 0 Å². The molecule has 2 rings (SSSR count). The van der Waals surface area contributed by atoms with Crippen molar-refractivity contribution in [3.8, 4) is 0 Å². The van der Waals surface area contributed by atoms with Crippen LogP contribution in [0.3, 0.4) is 0 Å². The smallest absolute Gasteiger partial charge is 0.407 e. The number of carbonyl (C=O) groups is 2. The summed E-state index contributed by atoms with van der Waals surface area (Å²) in [5.74, 6) is -0.421. The first-order chi connectivity index (χ1) is 12.6. The summed E-state index contributed by atoms with van der Waals surface area (Å²) in [5, 5.41) is 6.52. The van der Waals surface area contributed by atoms with Gasteiger partial charge in [-0.3, -0.25) is 4.79 Å². The minimum absolute atomic E-state index is 0.229. The fourth-order valence-corrected chi connectivity index (χ4v) is 2.44. The van der Waals surface area contributed by atoms with E-state index >= 15 is 0 Å². The number of alkyl carbamates (subject to hydrolysis) is 1. The molecule has 0 aliphatic rings. The number of halogens is 1. The molecule has 1 atom stereocenters. The summed E-state index contributed by atoms with van der Waals surface area (Å²) >= 11 is 3.36. The highest BCUT2D eigenvalue weighted by Gasteiger charge is 2.21. The number of hydrogen-bond donors (Lipinski definition) is 2. The quantitative estimate of drug-likeness (QED) is 0.535. The Morgan fingerprint density at radius 2 is 1.85 bits per heavy atom. The lowest BCUT2D eigenvalue weighted by atomic mass is 10.1. The topological polar surface area (TPSA) is 79.8 Å². The van der Waals surface area contributed by atoms with Crippen LogP contribution in [0, 0.1) is 0 Å². The predicted molar refractivity (Wildman–Crippen MR) is 104 cm³/mol. The zero-order chi connectivity index (χ0) is 18.8. The largest absolute Gasteiger partial charge is 0.450 e. The third kappa shape index (κ3) is 6.68. The molecule has 0 unspecified atom stereocenters. The van der Waals surface area contributed by atoms with Crippen LogP contribution >= 0.6 is 15.9 Å². The van der Waals surface area contributed by atoms with Gasteiger partial charge in [-0.1, -0.05) is 58.4 Å². The van der Waals surface area contributed by atoms with Gasteiger partial charge in [0.1, 0.15) is 6.04 Å². The Balaban J connectivity index is 2.01. The maximum atomic E-state index is 12.4. The van der Waals surface area contributed by atoms with Crippen LogP contribution in [0.5, 0.6) is 0 Å². The maximum Gasteiger partial charge on any atom is 0.407 e. The van der Waals surface area contributed by atoms with Gasteiger partial charge in [-0.15, -0.1) is 0 Å². The molecule has 0 aliphatic heterocycles. The molecule has 2 N–H and O–H groups in total. The van der Waals surface area contributed by atoms with E-state index in [2.05, 4.69) is 31.8 Å². The molecule has 0 saturated heterocycles. The third-order valence-electron chi connectivity index (χ3n) is 3.43. The highest BCUT2D eigenvalue weighted by atomic mass is 79.9. The first-order valence-electron chi connectivity index (χ1n) is 8.14. The molecule has 0 bridgehead atoms. The van der Waals surface area contributed by atoms with Crippen LogP contribution in [0.15, 0.2) is 64.2 Å². The summed E-state index contributed by atoms with van der Waals surface area (Å²) in [5.41, 5.74) is 4.22. The minimum atomic E-state index is -0.793. The number of nitrogens with one attached hydrogen (secondary N) is 2. The van der Waals surface area contributed by atoms with Gasteiger partial charge in [0.05, 0.1) is 12.8 Å². The molecule has 0 aliphatic carbocycles. The zero-order valence-electron chi connectivity index (χ0n) is 14.3. The second kappa shape index (κ2) is 10.4. The molecule has 0 saturated carbocycles. The Bertz CT molecular complexity index is 748. The zero-order valence-corrected chi connectivity index (χ0v) is 15.9. The van der Waals surface area contributed by atoms with Gasteiger partial charge in [0.25, 0.3) is 5.91 Å². The van der Waals surface area contributed by atoms with E-state index < -0.39 is 18.0 Å². The van der Waals surface area contributed by atoms with E-state index in [0.717, 1.165) is 15.6 Å². The SMILES string of the molecule is CCOC(=O)N[C@H](Cc1ccccc1)C(=O)N/N=C\c1ccc(Br)cc1. The van der Waals surface area contributed by atoms with Crippen molar-refractivity contribution in [3.05, 3.63) is 70.2 Å². The van der Waals surface area contributed by atoms with E-state index in [9.17, 15) is 9.59 Å². The number of hydrazone groups is 1. The summed E-state index contributed by atoms with van der Waals surface area (Å²) < 4.78 is 5.83. The Morgan fingerprint density at radius 3 is 2.50 bits per heavy atom. The first-order valence-corrected chi connectivity index (χ1v) is 8.93. The Labute approximate surface area is 160 Å². The highest BCUT2D eigenvalue weighted by Crippen LogP contribution is 2.09. The van der Waals surface area contributed by atoms with Crippen LogP contribution in [-0.2, 0) is 16.0 Å². The lowest BCUT2D eigenvalue weighted by molar-refractivity contribution is -0.123. The van der Waals surface area contributed by atoms with E-state index in [0.29, 0.717) is 6.42 Å². The molecular formula is C19H20BrN3O3. The maximum absolute atomic E-state index is 12.4. The lowest BCUT2D eigenvalue weighted by Gasteiger charge is -2.16. The molecular weight excluding hydrogens is 398 g/mol. The van der Waals surface area contributed by atoms with Gasteiger partial charge in [-0.25, -0.2) is 10.2 Å². The van der Waals surface area contributed by atoms with Crippen molar-refractivity contribution in [1.82, 2.24) is 10.7 Å².